The van der Waals surface area contributed by atoms with E-state index in [-0.39, 0.29) is 0 Å². The molecule has 11 heavy (non-hydrogen) atoms. The summed E-state index contributed by atoms with van der Waals surface area (Å²) >= 11 is 0. The van der Waals surface area contributed by atoms with Crippen LogP contribution in [0.5, 0.6) is 0 Å². The number of allylic oxidation sites excluding steroid dienone is 1. The number of aliphatic hydroxyl groups excluding tert-OH is 1. The van der Waals surface area contributed by atoms with Gasteiger partial charge in [-0.15, -0.1) is 6.58 Å². The van der Waals surface area contributed by atoms with Crippen LogP contribution >= 0.6 is 0 Å². The van der Waals surface area contributed by atoms with Crippen molar-refractivity contribution in [1.29, 1.82) is 0 Å². The van der Waals surface area contributed by atoms with Crippen LogP contribution in [0.1, 0.15) is 12.8 Å². The largest absolute Gasteiger partial charge is 0.395 e. The number of hydrogen-bond acceptors (Lipinski definition) is 3. The van der Waals surface area contributed by atoms with E-state index in [9.17, 15) is 8.42 Å². The second-order valence-corrected chi connectivity index (χ2v) is 4.10. The second kappa shape index (κ2) is 4.48. The van der Waals surface area contributed by atoms with Gasteiger partial charge in [0.05, 0.1) is 11.9 Å². The van der Waals surface area contributed by atoms with Crippen LogP contribution in [0.4, 0.5) is 0 Å². The minimum absolute atomic E-state index is 0.332. The van der Waals surface area contributed by atoms with Gasteiger partial charge in [0.1, 0.15) is 0 Å². The molecule has 0 aromatic heterocycles. The lowest BCUT2D eigenvalue weighted by atomic mass is 10.2. The molecule has 0 aliphatic carbocycles. The molecule has 0 spiro atoms. The number of nitrogens with two attached hydrogens (primary N) is 1. The van der Waals surface area contributed by atoms with Gasteiger partial charge in [-0.25, -0.2) is 13.6 Å². The van der Waals surface area contributed by atoms with Crippen molar-refractivity contribution >= 4 is 10.0 Å². The highest BCUT2D eigenvalue weighted by atomic mass is 32.2. The van der Waals surface area contributed by atoms with Crippen LogP contribution in [0.2, 0.25) is 0 Å². The zero-order valence-corrected chi connectivity index (χ0v) is 7.05. The summed E-state index contributed by atoms with van der Waals surface area (Å²) in [7, 11) is -3.58. The molecule has 5 heteroatoms. The van der Waals surface area contributed by atoms with Gasteiger partial charge in [-0.3, -0.25) is 0 Å². The van der Waals surface area contributed by atoms with Crippen LogP contribution in [0.3, 0.4) is 0 Å². The van der Waals surface area contributed by atoms with Crippen molar-refractivity contribution in [1.82, 2.24) is 0 Å². The number of rotatable bonds is 5. The van der Waals surface area contributed by atoms with E-state index in [1.807, 2.05) is 0 Å². The molecule has 0 rings (SSSR count). The van der Waals surface area contributed by atoms with Crippen molar-refractivity contribution in [2.24, 2.45) is 5.14 Å². The molecule has 0 saturated heterocycles. The fourth-order valence-electron chi connectivity index (χ4n) is 0.663. The van der Waals surface area contributed by atoms with Crippen LogP contribution < -0.4 is 5.14 Å². The van der Waals surface area contributed by atoms with Crippen molar-refractivity contribution < 1.29 is 13.5 Å². The van der Waals surface area contributed by atoms with Crippen LogP contribution in [-0.2, 0) is 10.0 Å². The molecule has 1 atom stereocenters. The molecule has 0 fully saturated rings. The summed E-state index contributed by atoms with van der Waals surface area (Å²) in [6, 6.07) is 0. The summed E-state index contributed by atoms with van der Waals surface area (Å²) < 4.78 is 21.3. The smallest absolute Gasteiger partial charge is 0.214 e. The summed E-state index contributed by atoms with van der Waals surface area (Å²) in [5.74, 6) is 0. The number of primary sulfonamides is 1. The van der Waals surface area contributed by atoms with Crippen molar-refractivity contribution in [2.75, 3.05) is 6.61 Å². The van der Waals surface area contributed by atoms with E-state index in [1.165, 1.54) is 0 Å². The normalized spacial score (nSPS) is 14.4. The highest BCUT2D eigenvalue weighted by Crippen LogP contribution is 2.04. The average Bonchev–Trinajstić information content (AvgIpc) is 1.87. The molecule has 0 bridgehead atoms. The minimum atomic E-state index is -3.58. The van der Waals surface area contributed by atoms with Crippen molar-refractivity contribution in [3.63, 3.8) is 0 Å². The lowest BCUT2D eigenvalue weighted by Gasteiger charge is -2.08. The van der Waals surface area contributed by atoms with Gasteiger partial charge in [0.15, 0.2) is 0 Å². The van der Waals surface area contributed by atoms with Gasteiger partial charge in [0, 0.05) is 0 Å². The molecular formula is C6H13NO3S. The summed E-state index contributed by atoms with van der Waals surface area (Å²) in [5, 5.41) is 12.6. The summed E-state index contributed by atoms with van der Waals surface area (Å²) in [4.78, 5) is 0. The first-order valence-electron chi connectivity index (χ1n) is 3.25. The monoisotopic (exact) mass is 179 g/mol. The van der Waals surface area contributed by atoms with Crippen LogP contribution in [0.25, 0.3) is 0 Å². The molecule has 0 amide bonds. The Balaban J connectivity index is 4.07. The van der Waals surface area contributed by atoms with Gasteiger partial charge in [-0.2, -0.15) is 0 Å². The SMILES string of the molecule is C=CCC[C@H](CO)S(N)(=O)=O. The number of sulfonamides is 1. The standard InChI is InChI=1S/C6H13NO3S/c1-2-3-4-6(5-8)11(7,9)10/h2,6,8H,1,3-5H2,(H2,7,9,10)/t6-/m1/s1. The lowest BCUT2D eigenvalue weighted by Crippen LogP contribution is -2.31. The van der Waals surface area contributed by atoms with Crippen molar-refractivity contribution in [2.45, 2.75) is 18.1 Å². The molecule has 0 unspecified atom stereocenters. The Morgan fingerprint density at radius 3 is 2.45 bits per heavy atom. The van der Waals surface area contributed by atoms with Crippen molar-refractivity contribution in [3.8, 4) is 0 Å². The van der Waals surface area contributed by atoms with Crippen LogP contribution in [0, 0.1) is 0 Å². The zero-order valence-electron chi connectivity index (χ0n) is 6.23. The van der Waals surface area contributed by atoms with Gasteiger partial charge in [-0.05, 0) is 12.8 Å². The van der Waals surface area contributed by atoms with Crippen LogP contribution in [0.15, 0.2) is 12.7 Å². The van der Waals surface area contributed by atoms with Gasteiger partial charge >= 0.3 is 0 Å². The third-order valence-corrected chi connectivity index (χ3v) is 2.68. The maximum atomic E-state index is 10.7. The Morgan fingerprint density at radius 2 is 2.18 bits per heavy atom. The van der Waals surface area contributed by atoms with E-state index in [0.29, 0.717) is 12.8 Å². The van der Waals surface area contributed by atoms with Gasteiger partial charge in [0.2, 0.25) is 10.0 Å². The predicted octanol–water partition coefficient (Wildman–Crippen LogP) is -0.398. The Morgan fingerprint density at radius 1 is 1.64 bits per heavy atom. The zero-order chi connectivity index (χ0) is 8.91. The van der Waals surface area contributed by atoms with Gasteiger partial charge in [0.25, 0.3) is 0 Å². The average molecular weight is 179 g/mol. The van der Waals surface area contributed by atoms with E-state index in [4.69, 9.17) is 10.2 Å². The first-order valence-corrected chi connectivity index (χ1v) is 4.86. The molecule has 0 aromatic carbocycles. The Labute approximate surface area is 66.8 Å². The Bertz CT molecular complexity index is 210. The summed E-state index contributed by atoms with van der Waals surface area (Å²) in [6.45, 7) is 3.01. The Kier molecular flexibility index (Phi) is 4.32. The topological polar surface area (TPSA) is 80.4 Å². The van der Waals surface area contributed by atoms with E-state index < -0.39 is 21.9 Å². The number of aliphatic hydroxyl groups is 1. The molecule has 0 aliphatic heterocycles. The number of hydrogen-bond donors (Lipinski definition) is 2. The van der Waals surface area contributed by atoms with Gasteiger partial charge < -0.3 is 5.11 Å². The molecule has 0 aromatic rings. The minimum Gasteiger partial charge on any atom is -0.395 e. The fourth-order valence-corrected chi connectivity index (χ4v) is 1.34. The molecule has 0 saturated carbocycles. The van der Waals surface area contributed by atoms with Crippen molar-refractivity contribution in [3.05, 3.63) is 12.7 Å². The van der Waals surface area contributed by atoms with E-state index >= 15 is 0 Å². The summed E-state index contributed by atoms with van der Waals surface area (Å²) in [5.41, 5.74) is 0. The molecule has 0 aliphatic rings. The maximum Gasteiger partial charge on any atom is 0.214 e. The molecule has 4 nitrogen and oxygen atoms in total. The van der Waals surface area contributed by atoms with E-state index in [2.05, 4.69) is 6.58 Å². The quantitative estimate of drug-likeness (QED) is 0.564. The van der Waals surface area contributed by atoms with Gasteiger partial charge in [-0.1, -0.05) is 6.08 Å². The Hall–Kier alpha value is -0.390. The van der Waals surface area contributed by atoms with E-state index in [1.54, 1.807) is 6.08 Å². The molecular weight excluding hydrogens is 166 g/mol. The lowest BCUT2D eigenvalue weighted by molar-refractivity contribution is 0.286. The highest BCUT2D eigenvalue weighted by Gasteiger charge is 2.18. The third-order valence-electron chi connectivity index (χ3n) is 1.36. The molecule has 66 valence electrons. The van der Waals surface area contributed by atoms with E-state index in [0.717, 1.165) is 0 Å². The van der Waals surface area contributed by atoms with Crippen LogP contribution in [-0.4, -0.2) is 25.4 Å². The fraction of sp³-hybridized carbons (Fsp3) is 0.667. The highest BCUT2D eigenvalue weighted by molar-refractivity contribution is 7.89. The maximum absolute atomic E-state index is 10.7. The predicted molar refractivity (Wildman–Crippen MR) is 43.4 cm³/mol. The third kappa shape index (κ3) is 4.13. The second-order valence-electron chi connectivity index (χ2n) is 2.26. The first kappa shape index (κ1) is 10.6. The molecule has 0 heterocycles. The molecule has 3 N–H and O–H groups in total. The molecule has 0 radical (unpaired) electrons. The summed E-state index contributed by atoms with van der Waals surface area (Å²) in [6.07, 6.45) is 2.47. The first-order chi connectivity index (χ1) is 5.02.